The number of carbonyl (C=O) groups excluding carboxylic acids is 2. The van der Waals surface area contributed by atoms with E-state index in [-0.39, 0.29) is 17.1 Å². The first-order valence-corrected chi connectivity index (χ1v) is 7.85. The molecule has 2 aromatic rings. The summed E-state index contributed by atoms with van der Waals surface area (Å²) in [4.78, 5) is 35.6. The Balaban J connectivity index is 2.00. The number of benzene rings is 1. The van der Waals surface area contributed by atoms with Gasteiger partial charge in [-0.25, -0.2) is 4.79 Å². The van der Waals surface area contributed by atoms with Gasteiger partial charge in [0.1, 0.15) is 5.58 Å². The topological polar surface area (TPSA) is 85.6 Å². The fourth-order valence-corrected chi connectivity index (χ4v) is 2.12. The van der Waals surface area contributed by atoms with Crippen molar-refractivity contribution in [1.29, 1.82) is 0 Å². The highest BCUT2D eigenvalue weighted by atomic mass is 16.5. The first-order valence-electron chi connectivity index (χ1n) is 7.85. The lowest BCUT2D eigenvalue weighted by molar-refractivity contribution is -0.124. The summed E-state index contributed by atoms with van der Waals surface area (Å²) in [5.41, 5.74) is 0.901. The number of nitrogens with one attached hydrogen (secondary N) is 1. The Bertz CT molecular complexity index is 807. The van der Waals surface area contributed by atoms with Crippen LogP contribution in [0.3, 0.4) is 0 Å². The predicted molar refractivity (Wildman–Crippen MR) is 90.0 cm³/mol. The second kappa shape index (κ2) is 7.77. The van der Waals surface area contributed by atoms with Crippen LogP contribution in [0.4, 0.5) is 0 Å². The van der Waals surface area contributed by atoms with E-state index in [1.807, 2.05) is 6.92 Å². The minimum atomic E-state index is -0.839. The maximum atomic E-state index is 12.1. The average Bonchev–Trinajstić information content (AvgIpc) is 2.52. The zero-order valence-electron chi connectivity index (χ0n) is 14.0. The van der Waals surface area contributed by atoms with Crippen molar-refractivity contribution < 1.29 is 18.7 Å². The monoisotopic (exact) mass is 331 g/mol. The lowest BCUT2D eigenvalue weighted by atomic mass is 10.1. The summed E-state index contributed by atoms with van der Waals surface area (Å²) in [5.74, 6) is -0.967. The number of rotatable bonds is 6. The van der Waals surface area contributed by atoms with Gasteiger partial charge in [0.15, 0.2) is 12.0 Å². The third-order valence-corrected chi connectivity index (χ3v) is 3.46. The predicted octanol–water partition coefficient (Wildman–Crippen LogP) is 2.42. The van der Waals surface area contributed by atoms with Gasteiger partial charge >= 0.3 is 5.97 Å². The number of amides is 1. The number of fused-ring (bicyclic) bond motifs is 1. The molecule has 0 bridgehead atoms. The molecular formula is C18H21NO5. The summed E-state index contributed by atoms with van der Waals surface area (Å²) >= 11 is 0. The number of ether oxygens (including phenoxy) is 1. The Morgan fingerprint density at radius 1 is 1.25 bits per heavy atom. The van der Waals surface area contributed by atoms with Gasteiger partial charge in [0, 0.05) is 12.6 Å². The van der Waals surface area contributed by atoms with Crippen molar-refractivity contribution in [2.75, 3.05) is 13.2 Å². The molecule has 1 amide bonds. The van der Waals surface area contributed by atoms with Crippen molar-refractivity contribution in [1.82, 2.24) is 5.32 Å². The molecule has 1 aromatic carbocycles. The molecular weight excluding hydrogens is 310 g/mol. The summed E-state index contributed by atoms with van der Waals surface area (Å²) in [7, 11) is 0. The van der Waals surface area contributed by atoms with Crippen LogP contribution < -0.4 is 10.7 Å². The molecule has 0 aliphatic heterocycles. The van der Waals surface area contributed by atoms with Gasteiger partial charge in [-0.1, -0.05) is 25.5 Å². The molecule has 0 fully saturated rings. The molecule has 6 nitrogen and oxygen atoms in total. The normalized spacial score (nSPS) is 10.8. The Hall–Kier alpha value is -2.63. The van der Waals surface area contributed by atoms with E-state index in [1.165, 1.54) is 0 Å². The number of carbonyl (C=O) groups is 2. The molecule has 2 rings (SSSR count). The summed E-state index contributed by atoms with van der Waals surface area (Å²) in [6.45, 7) is 6.08. The Morgan fingerprint density at radius 2 is 2.00 bits per heavy atom. The van der Waals surface area contributed by atoms with Crippen LogP contribution in [-0.4, -0.2) is 25.0 Å². The zero-order chi connectivity index (χ0) is 17.7. The van der Waals surface area contributed by atoms with Crippen LogP contribution in [0.1, 0.15) is 36.4 Å². The molecule has 0 saturated carbocycles. The molecule has 0 aliphatic rings. The molecule has 0 atom stereocenters. The zero-order valence-corrected chi connectivity index (χ0v) is 14.0. The van der Waals surface area contributed by atoms with Gasteiger partial charge in [-0.05, 0) is 31.4 Å². The maximum Gasteiger partial charge on any atom is 0.374 e. The van der Waals surface area contributed by atoms with Gasteiger partial charge in [-0.15, -0.1) is 0 Å². The fraction of sp³-hybridized carbons (Fsp3) is 0.389. The van der Waals surface area contributed by atoms with E-state index in [4.69, 9.17) is 9.15 Å². The van der Waals surface area contributed by atoms with Crippen LogP contribution in [-0.2, 0) is 9.53 Å². The molecule has 0 unspecified atom stereocenters. The smallest absolute Gasteiger partial charge is 0.374 e. The van der Waals surface area contributed by atoms with Crippen LogP contribution in [0, 0.1) is 12.8 Å². The number of esters is 1. The molecule has 0 aliphatic carbocycles. The number of aryl methyl sites for hydroxylation is 1. The van der Waals surface area contributed by atoms with Gasteiger partial charge in [-0.2, -0.15) is 0 Å². The van der Waals surface area contributed by atoms with Gasteiger partial charge < -0.3 is 14.5 Å². The molecule has 6 heteroatoms. The lowest BCUT2D eigenvalue weighted by Crippen LogP contribution is -2.30. The fourth-order valence-electron chi connectivity index (χ4n) is 2.12. The average molecular weight is 331 g/mol. The third-order valence-electron chi connectivity index (χ3n) is 3.46. The van der Waals surface area contributed by atoms with Crippen LogP contribution in [0.5, 0.6) is 0 Å². The Kier molecular flexibility index (Phi) is 5.73. The molecule has 0 spiro atoms. The van der Waals surface area contributed by atoms with E-state index in [1.54, 1.807) is 18.2 Å². The molecule has 128 valence electrons. The van der Waals surface area contributed by atoms with Crippen molar-refractivity contribution in [3.8, 4) is 0 Å². The van der Waals surface area contributed by atoms with E-state index >= 15 is 0 Å². The molecule has 24 heavy (non-hydrogen) atoms. The Labute approximate surface area is 139 Å². The van der Waals surface area contributed by atoms with Gasteiger partial charge in [0.05, 0.1) is 5.39 Å². The first-order chi connectivity index (χ1) is 11.4. The highest BCUT2D eigenvalue weighted by Gasteiger charge is 2.15. The largest absolute Gasteiger partial charge is 0.450 e. The van der Waals surface area contributed by atoms with Gasteiger partial charge in [-0.3, -0.25) is 9.59 Å². The van der Waals surface area contributed by atoms with Crippen molar-refractivity contribution in [2.24, 2.45) is 5.92 Å². The van der Waals surface area contributed by atoms with Crippen LogP contribution in [0.2, 0.25) is 0 Å². The summed E-state index contributed by atoms with van der Waals surface area (Å²) in [6, 6.07) is 6.18. The maximum absolute atomic E-state index is 12.1. The minimum Gasteiger partial charge on any atom is -0.450 e. The van der Waals surface area contributed by atoms with E-state index in [9.17, 15) is 14.4 Å². The molecule has 0 saturated heterocycles. The van der Waals surface area contributed by atoms with Crippen LogP contribution >= 0.6 is 0 Å². The number of hydrogen-bond acceptors (Lipinski definition) is 5. The summed E-state index contributed by atoms with van der Waals surface area (Å²) < 4.78 is 10.3. The highest BCUT2D eigenvalue weighted by Crippen LogP contribution is 2.14. The van der Waals surface area contributed by atoms with Gasteiger partial charge in [0.2, 0.25) is 5.76 Å². The van der Waals surface area contributed by atoms with Gasteiger partial charge in [0.25, 0.3) is 5.91 Å². The van der Waals surface area contributed by atoms with E-state index < -0.39 is 12.6 Å². The first kappa shape index (κ1) is 17.7. The molecule has 1 aromatic heterocycles. The third kappa shape index (κ3) is 4.68. The molecule has 1 heterocycles. The summed E-state index contributed by atoms with van der Waals surface area (Å²) in [6.07, 6.45) is 0.846. The lowest BCUT2D eigenvalue weighted by Gasteiger charge is -2.08. The van der Waals surface area contributed by atoms with Crippen LogP contribution in [0.25, 0.3) is 11.0 Å². The molecule has 1 N–H and O–H groups in total. The van der Waals surface area contributed by atoms with Crippen molar-refractivity contribution >= 4 is 22.8 Å². The van der Waals surface area contributed by atoms with E-state index in [2.05, 4.69) is 19.2 Å². The Morgan fingerprint density at radius 3 is 2.71 bits per heavy atom. The second-order valence-corrected chi connectivity index (χ2v) is 6.08. The van der Waals surface area contributed by atoms with E-state index in [0.29, 0.717) is 23.4 Å². The molecule has 0 radical (unpaired) electrons. The van der Waals surface area contributed by atoms with E-state index in [0.717, 1.165) is 18.1 Å². The SMILES string of the molecule is Cc1ccc2oc(C(=O)OCC(=O)NCCC(C)C)cc(=O)c2c1. The quantitative estimate of drug-likeness (QED) is 0.822. The second-order valence-electron chi connectivity index (χ2n) is 6.08. The highest BCUT2D eigenvalue weighted by molar-refractivity contribution is 5.90. The summed E-state index contributed by atoms with van der Waals surface area (Å²) in [5, 5.41) is 3.06. The van der Waals surface area contributed by atoms with Crippen molar-refractivity contribution in [3.63, 3.8) is 0 Å². The number of hydrogen-bond donors (Lipinski definition) is 1. The minimum absolute atomic E-state index is 0.216. The van der Waals surface area contributed by atoms with Crippen LogP contribution in [0.15, 0.2) is 33.5 Å². The van der Waals surface area contributed by atoms with Crippen molar-refractivity contribution in [3.05, 3.63) is 45.8 Å². The standard InChI is InChI=1S/C18H21NO5/c1-11(2)6-7-19-17(21)10-23-18(22)16-9-14(20)13-8-12(3)4-5-15(13)24-16/h4-5,8-9,11H,6-7,10H2,1-3H3,(H,19,21). The van der Waals surface area contributed by atoms with Crippen molar-refractivity contribution in [2.45, 2.75) is 27.2 Å².